The van der Waals surface area contributed by atoms with Crippen LogP contribution in [0.2, 0.25) is 0 Å². The third kappa shape index (κ3) is 2.11. The minimum absolute atomic E-state index is 0.499. The zero-order valence-electron chi connectivity index (χ0n) is 11.7. The van der Waals surface area contributed by atoms with Crippen LogP contribution < -0.4 is 5.32 Å². The Labute approximate surface area is 116 Å². The van der Waals surface area contributed by atoms with Crippen molar-refractivity contribution < 1.29 is 0 Å². The van der Waals surface area contributed by atoms with E-state index in [9.17, 15) is 0 Å². The van der Waals surface area contributed by atoms with Crippen molar-refractivity contribution in [2.24, 2.45) is 5.41 Å². The molecule has 0 aromatic heterocycles. The van der Waals surface area contributed by atoms with Crippen molar-refractivity contribution in [3.63, 3.8) is 0 Å². The molecule has 0 radical (unpaired) electrons. The zero-order valence-corrected chi connectivity index (χ0v) is 11.7. The van der Waals surface area contributed by atoms with E-state index >= 15 is 0 Å². The Morgan fingerprint density at radius 3 is 2.58 bits per heavy atom. The molecular weight excluding hydrogens is 232 g/mol. The lowest BCUT2D eigenvalue weighted by Crippen LogP contribution is -2.34. The molecule has 2 aliphatic heterocycles. The van der Waals surface area contributed by atoms with Crippen LogP contribution in [0.25, 0.3) is 0 Å². The van der Waals surface area contributed by atoms with Crippen LogP contribution in [0, 0.1) is 5.41 Å². The first-order chi connectivity index (χ1) is 9.30. The fourth-order valence-electron chi connectivity index (χ4n) is 4.22. The second-order valence-corrected chi connectivity index (χ2v) is 7.03. The molecule has 0 bridgehead atoms. The molecule has 2 heteroatoms. The van der Waals surface area contributed by atoms with Gasteiger partial charge in [0.25, 0.3) is 0 Å². The molecule has 1 atom stereocenters. The second-order valence-electron chi connectivity index (χ2n) is 7.03. The van der Waals surface area contributed by atoms with Gasteiger partial charge in [0.15, 0.2) is 0 Å². The summed E-state index contributed by atoms with van der Waals surface area (Å²) in [6, 6.07) is 11.2. The highest BCUT2D eigenvalue weighted by Gasteiger charge is 2.48. The molecule has 19 heavy (non-hydrogen) atoms. The summed E-state index contributed by atoms with van der Waals surface area (Å²) >= 11 is 0. The lowest BCUT2D eigenvalue weighted by atomic mass is 9.86. The smallest absolute Gasteiger partial charge is 0.00809 e. The Morgan fingerprint density at radius 1 is 1.05 bits per heavy atom. The van der Waals surface area contributed by atoms with Crippen LogP contribution >= 0.6 is 0 Å². The molecule has 2 heterocycles. The van der Waals surface area contributed by atoms with E-state index in [1.807, 2.05) is 0 Å². The molecule has 4 rings (SSSR count). The lowest BCUT2D eigenvalue weighted by molar-refractivity contribution is 0.256. The van der Waals surface area contributed by atoms with Gasteiger partial charge in [0.2, 0.25) is 0 Å². The number of benzene rings is 1. The van der Waals surface area contributed by atoms with Gasteiger partial charge in [0, 0.05) is 25.0 Å². The molecule has 1 aromatic carbocycles. The van der Waals surface area contributed by atoms with Gasteiger partial charge in [-0.1, -0.05) is 30.3 Å². The van der Waals surface area contributed by atoms with Crippen LogP contribution in [-0.4, -0.2) is 37.6 Å². The van der Waals surface area contributed by atoms with Gasteiger partial charge >= 0.3 is 0 Å². The van der Waals surface area contributed by atoms with Crippen molar-refractivity contribution in [1.29, 1.82) is 0 Å². The first-order valence-corrected chi connectivity index (χ1v) is 7.79. The van der Waals surface area contributed by atoms with Crippen molar-refractivity contribution in [3.8, 4) is 0 Å². The maximum Gasteiger partial charge on any atom is 0.00809 e. The Balaban J connectivity index is 1.45. The predicted molar refractivity (Wildman–Crippen MR) is 78.3 cm³/mol. The Kier molecular flexibility index (Phi) is 2.71. The van der Waals surface area contributed by atoms with Crippen molar-refractivity contribution >= 4 is 0 Å². The Hall–Kier alpha value is -0.860. The molecule has 102 valence electrons. The van der Waals surface area contributed by atoms with Crippen LogP contribution in [-0.2, 0) is 5.41 Å². The van der Waals surface area contributed by atoms with E-state index in [0.717, 1.165) is 0 Å². The molecule has 2 nitrogen and oxygen atoms in total. The molecule has 0 amide bonds. The third-order valence-corrected chi connectivity index (χ3v) is 5.62. The van der Waals surface area contributed by atoms with Gasteiger partial charge in [-0.25, -0.2) is 0 Å². The first-order valence-electron chi connectivity index (χ1n) is 7.79. The Bertz CT molecular complexity index is 444. The molecule has 1 N–H and O–H groups in total. The number of hydrogen-bond donors (Lipinski definition) is 1. The minimum Gasteiger partial charge on any atom is -0.316 e. The molecule has 2 saturated heterocycles. The van der Waals surface area contributed by atoms with E-state index in [1.54, 1.807) is 5.56 Å². The van der Waals surface area contributed by atoms with Crippen LogP contribution in [0.5, 0.6) is 0 Å². The van der Waals surface area contributed by atoms with Gasteiger partial charge in [-0.15, -0.1) is 0 Å². The molecule has 1 aliphatic carbocycles. The van der Waals surface area contributed by atoms with Gasteiger partial charge in [-0.05, 0) is 49.8 Å². The lowest BCUT2D eigenvalue weighted by Gasteiger charge is -2.26. The second kappa shape index (κ2) is 4.32. The summed E-state index contributed by atoms with van der Waals surface area (Å²) in [7, 11) is 0. The van der Waals surface area contributed by atoms with Crippen molar-refractivity contribution in [2.75, 3.05) is 32.7 Å². The van der Waals surface area contributed by atoms with Crippen LogP contribution in [0.3, 0.4) is 0 Å². The summed E-state index contributed by atoms with van der Waals surface area (Å²) in [6.07, 6.45) is 5.57. The average Bonchev–Trinajstić information content (AvgIpc) is 2.92. The normalized spacial score (nSPS) is 33.1. The largest absolute Gasteiger partial charge is 0.316 e. The van der Waals surface area contributed by atoms with E-state index < -0.39 is 0 Å². The monoisotopic (exact) mass is 256 g/mol. The maximum absolute atomic E-state index is 3.56. The van der Waals surface area contributed by atoms with E-state index in [0.29, 0.717) is 10.8 Å². The summed E-state index contributed by atoms with van der Waals surface area (Å²) in [5.41, 5.74) is 2.69. The van der Waals surface area contributed by atoms with Crippen molar-refractivity contribution in [1.82, 2.24) is 10.2 Å². The van der Waals surface area contributed by atoms with Crippen LogP contribution in [0.15, 0.2) is 30.3 Å². The summed E-state index contributed by atoms with van der Waals surface area (Å²) in [4.78, 5) is 2.74. The van der Waals surface area contributed by atoms with E-state index in [4.69, 9.17) is 0 Å². The summed E-state index contributed by atoms with van der Waals surface area (Å²) in [5.74, 6) is 0. The highest BCUT2D eigenvalue weighted by Crippen LogP contribution is 2.50. The molecule has 1 spiro atoms. The molecular formula is C17H24N2. The number of rotatable bonds is 3. The molecule has 3 aliphatic rings. The van der Waals surface area contributed by atoms with Crippen LogP contribution in [0.1, 0.15) is 31.2 Å². The van der Waals surface area contributed by atoms with E-state index in [2.05, 4.69) is 40.5 Å². The standard InChI is InChI=1S/C17H24N2/c1-2-4-15(5-3-1)17(6-7-17)14-19-11-9-16(13-19)8-10-18-12-16/h1-5,18H,6-14H2. The number of nitrogens with zero attached hydrogens (tertiary/aromatic N) is 1. The Morgan fingerprint density at radius 2 is 1.89 bits per heavy atom. The van der Waals surface area contributed by atoms with Gasteiger partial charge in [-0.3, -0.25) is 0 Å². The highest BCUT2D eigenvalue weighted by molar-refractivity contribution is 5.31. The summed E-state index contributed by atoms with van der Waals surface area (Å²) in [5, 5.41) is 3.56. The number of likely N-dealkylation sites (tertiary alicyclic amines) is 1. The molecule has 1 saturated carbocycles. The maximum atomic E-state index is 3.56. The first kappa shape index (κ1) is 11.9. The zero-order chi connectivity index (χ0) is 12.8. The summed E-state index contributed by atoms with van der Waals surface area (Å²) < 4.78 is 0. The highest BCUT2D eigenvalue weighted by atomic mass is 15.2. The van der Waals surface area contributed by atoms with Gasteiger partial charge in [-0.2, -0.15) is 0 Å². The van der Waals surface area contributed by atoms with Gasteiger partial charge in [0.05, 0.1) is 0 Å². The molecule has 1 unspecified atom stereocenters. The van der Waals surface area contributed by atoms with Gasteiger partial charge < -0.3 is 10.2 Å². The summed E-state index contributed by atoms with van der Waals surface area (Å²) in [6.45, 7) is 6.42. The van der Waals surface area contributed by atoms with Gasteiger partial charge in [0.1, 0.15) is 0 Å². The quantitative estimate of drug-likeness (QED) is 0.893. The number of hydrogen-bond acceptors (Lipinski definition) is 2. The van der Waals surface area contributed by atoms with E-state index in [-0.39, 0.29) is 0 Å². The molecule has 1 aromatic rings. The SMILES string of the molecule is c1ccc(C2(CN3CCC4(CCNC4)C3)CC2)cc1. The minimum atomic E-state index is 0.499. The fourth-order valence-corrected chi connectivity index (χ4v) is 4.22. The van der Waals surface area contributed by atoms with E-state index in [1.165, 1.54) is 58.4 Å². The topological polar surface area (TPSA) is 15.3 Å². The van der Waals surface area contributed by atoms with Crippen molar-refractivity contribution in [2.45, 2.75) is 31.1 Å². The number of nitrogens with one attached hydrogen (secondary N) is 1. The average molecular weight is 256 g/mol. The third-order valence-electron chi connectivity index (χ3n) is 5.62. The van der Waals surface area contributed by atoms with Crippen molar-refractivity contribution in [3.05, 3.63) is 35.9 Å². The molecule has 3 fully saturated rings. The van der Waals surface area contributed by atoms with Crippen LogP contribution in [0.4, 0.5) is 0 Å². The fraction of sp³-hybridized carbons (Fsp3) is 0.647. The predicted octanol–water partition coefficient (Wildman–Crippen LogP) is 2.40.